The van der Waals surface area contributed by atoms with Crippen molar-refractivity contribution in [2.75, 3.05) is 41.8 Å². The first-order chi connectivity index (χ1) is 12.6. The number of hydrogen-bond donors (Lipinski definition) is 1. The minimum atomic E-state index is 0.0334. The van der Waals surface area contributed by atoms with Crippen molar-refractivity contribution in [3.05, 3.63) is 47.6 Å². The number of hydrogen-bond acceptors (Lipinski definition) is 4. The molecule has 0 radical (unpaired) electrons. The Hall–Kier alpha value is -2.27. The molecule has 0 aliphatic carbocycles. The van der Waals surface area contributed by atoms with Gasteiger partial charge in [0, 0.05) is 50.2 Å². The van der Waals surface area contributed by atoms with Gasteiger partial charge in [-0.1, -0.05) is 17.7 Å². The van der Waals surface area contributed by atoms with Crippen LogP contribution in [0.15, 0.2) is 42.6 Å². The van der Waals surface area contributed by atoms with Crippen LogP contribution >= 0.6 is 11.6 Å². The molecule has 2 heterocycles. The van der Waals surface area contributed by atoms with E-state index >= 15 is 0 Å². The van der Waals surface area contributed by atoms with Crippen LogP contribution in [0.5, 0.6) is 0 Å². The number of amides is 1. The Morgan fingerprint density at radius 3 is 2.73 bits per heavy atom. The maximum absolute atomic E-state index is 12.6. The minimum Gasteiger partial charge on any atom is -0.375 e. The van der Waals surface area contributed by atoms with Crippen molar-refractivity contribution in [2.45, 2.75) is 19.8 Å². The number of aromatic nitrogens is 1. The van der Waals surface area contributed by atoms with Crippen molar-refractivity contribution in [2.24, 2.45) is 5.92 Å². The summed E-state index contributed by atoms with van der Waals surface area (Å²) in [6.45, 7) is 4.68. The van der Waals surface area contributed by atoms with Gasteiger partial charge in [0.05, 0.1) is 5.02 Å². The van der Waals surface area contributed by atoms with Gasteiger partial charge in [-0.05, 0) is 50.1 Å². The Kier molecular flexibility index (Phi) is 5.99. The van der Waals surface area contributed by atoms with E-state index in [1.807, 2.05) is 37.4 Å². The van der Waals surface area contributed by atoms with Crippen molar-refractivity contribution < 1.29 is 4.79 Å². The zero-order valence-electron chi connectivity index (χ0n) is 15.3. The molecule has 1 saturated heterocycles. The molecule has 2 aromatic rings. The lowest BCUT2D eigenvalue weighted by molar-refractivity contribution is -0.120. The fraction of sp³-hybridized carbons (Fsp3) is 0.400. The van der Waals surface area contributed by atoms with Gasteiger partial charge in [-0.15, -0.1) is 0 Å². The molecule has 26 heavy (non-hydrogen) atoms. The standard InChI is InChI=1S/C20H25ClN4O/c1-3-24(2)18-6-4-5-17(13-18)23-20(26)15-9-11-25(12-10-15)19-8-7-16(21)14-22-19/h4-8,13-15H,3,9-12H2,1-2H3,(H,23,26). The van der Waals surface area contributed by atoms with Gasteiger partial charge in [-0.25, -0.2) is 4.98 Å². The number of carbonyl (C=O) groups excluding carboxylic acids is 1. The van der Waals surface area contributed by atoms with Crippen molar-refractivity contribution in [3.63, 3.8) is 0 Å². The first-order valence-corrected chi connectivity index (χ1v) is 9.43. The zero-order valence-corrected chi connectivity index (χ0v) is 16.0. The van der Waals surface area contributed by atoms with Gasteiger partial charge in [0.25, 0.3) is 0 Å². The summed E-state index contributed by atoms with van der Waals surface area (Å²) >= 11 is 5.90. The van der Waals surface area contributed by atoms with Crippen molar-refractivity contribution in [1.29, 1.82) is 0 Å². The second kappa shape index (κ2) is 8.41. The van der Waals surface area contributed by atoms with Gasteiger partial charge in [0.2, 0.25) is 5.91 Å². The van der Waals surface area contributed by atoms with Crippen LogP contribution in [0.3, 0.4) is 0 Å². The zero-order chi connectivity index (χ0) is 18.5. The monoisotopic (exact) mass is 372 g/mol. The maximum Gasteiger partial charge on any atom is 0.227 e. The van der Waals surface area contributed by atoms with Crippen molar-refractivity contribution >= 4 is 34.7 Å². The van der Waals surface area contributed by atoms with Crippen molar-refractivity contribution in [3.8, 4) is 0 Å². The van der Waals surface area contributed by atoms with Crippen LogP contribution in [0.25, 0.3) is 0 Å². The lowest BCUT2D eigenvalue weighted by atomic mass is 9.95. The first-order valence-electron chi connectivity index (χ1n) is 9.05. The van der Waals surface area contributed by atoms with Gasteiger partial charge >= 0.3 is 0 Å². The van der Waals surface area contributed by atoms with Crippen LogP contribution < -0.4 is 15.1 Å². The number of nitrogens with one attached hydrogen (secondary N) is 1. The summed E-state index contributed by atoms with van der Waals surface area (Å²) in [6.07, 6.45) is 3.31. The summed E-state index contributed by atoms with van der Waals surface area (Å²) in [7, 11) is 2.04. The number of pyridine rings is 1. The quantitative estimate of drug-likeness (QED) is 0.860. The molecular formula is C20H25ClN4O. The first kappa shape index (κ1) is 18.5. The molecule has 1 aliphatic heterocycles. The normalized spacial score (nSPS) is 15.0. The third-order valence-corrected chi connectivity index (χ3v) is 5.15. The molecule has 0 spiro atoms. The van der Waals surface area contributed by atoms with Gasteiger partial charge < -0.3 is 15.1 Å². The van der Waals surface area contributed by atoms with Gasteiger partial charge in [-0.3, -0.25) is 4.79 Å². The minimum absolute atomic E-state index is 0.0334. The number of halogens is 1. The molecule has 0 bridgehead atoms. The van der Waals surface area contributed by atoms with E-state index in [-0.39, 0.29) is 11.8 Å². The lowest BCUT2D eigenvalue weighted by Crippen LogP contribution is -2.38. The predicted molar refractivity (Wildman–Crippen MR) is 108 cm³/mol. The average Bonchev–Trinajstić information content (AvgIpc) is 2.68. The van der Waals surface area contributed by atoms with Gasteiger partial charge in [0.1, 0.15) is 5.82 Å². The highest BCUT2D eigenvalue weighted by atomic mass is 35.5. The summed E-state index contributed by atoms with van der Waals surface area (Å²) in [5.41, 5.74) is 1.96. The highest BCUT2D eigenvalue weighted by Crippen LogP contribution is 2.25. The molecule has 138 valence electrons. The Morgan fingerprint density at radius 1 is 1.31 bits per heavy atom. The molecule has 1 amide bonds. The van der Waals surface area contributed by atoms with E-state index in [1.54, 1.807) is 6.20 Å². The van der Waals surface area contributed by atoms with Gasteiger partial charge in [-0.2, -0.15) is 0 Å². The number of carbonyl (C=O) groups is 1. The Morgan fingerprint density at radius 2 is 2.08 bits per heavy atom. The number of rotatable bonds is 5. The fourth-order valence-electron chi connectivity index (χ4n) is 3.17. The lowest BCUT2D eigenvalue weighted by Gasteiger charge is -2.32. The topological polar surface area (TPSA) is 48.5 Å². The number of benzene rings is 1. The van der Waals surface area contributed by atoms with Crippen LogP contribution in [0.4, 0.5) is 17.2 Å². The van der Waals surface area contributed by atoms with Crippen LogP contribution in [0.1, 0.15) is 19.8 Å². The average molecular weight is 373 g/mol. The molecule has 3 rings (SSSR count). The number of anilines is 3. The largest absolute Gasteiger partial charge is 0.375 e. The molecule has 0 unspecified atom stereocenters. The van der Waals surface area contributed by atoms with Crippen molar-refractivity contribution in [1.82, 2.24) is 4.98 Å². The SMILES string of the molecule is CCN(C)c1cccc(NC(=O)C2CCN(c3ccc(Cl)cn3)CC2)c1. The van der Waals surface area contributed by atoms with Crippen LogP contribution in [-0.2, 0) is 4.79 Å². The second-order valence-corrected chi connectivity index (χ2v) is 7.09. The van der Waals surface area contributed by atoms with Crippen LogP contribution in [0, 0.1) is 5.92 Å². The third kappa shape index (κ3) is 4.47. The smallest absolute Gasteiger partial charge is 0.227 e. The molecule has 1 aliphatic rings. The molecule has 1 aromatic heterocycles. The molecule has 0 atom stereocenters. The highest BCUT2D eigenvalue weighted by Gasteiger charge is 2.25. The van der Waals surface area contributed by atoms with E-state index in [0.717, 1.165) is 49.7 Å². The molecule has 1 N–H and O–H groups in total. The van der Waals surface area contributed by atoms with E-state index in [1.165, 1.54) is 0 Å². The molecule has 1 aromatic carbocycles. The third-order valence-electron chi connectivity index (χ3n) is 4.93. The Bertz CT molecular complexity index is 742. The molecule has 6 heteroatoms. The predicted octanol–water partition coefficient (Wildman–Crippen LogP) is 4.05. The van der Waals surface area contributed by atoms with Gasteiger partial charge in [0.15, 0.2) is 0 Å². The summed E-state index contributed by atoms with van der Waals surface area (Å²) in [5, 5.41) is 3.71. The van der Waals surface area contributed by atoms with E-state index in [9.17, 15) is 4.79 Å². The molecule has 5 nitrogen and oxygen atoms in total. The summed E-state index contributed by atoms with van der Waals surface area (Å²) in [4.78, 5) is 21.3. The maximum atomic E-state index is 12.6. The van der Waals surface area contributed by atoms with E-state index in [2.05, 4.69) is 33.1 Å². The second-order valence-electron chi connectivity index (χ2n) is 6.65. The van der Waals surface area contributed by atoms with Crippen LogP contribution in [0.2, 0.25) is 5.02 Å². The van der Waals surface area contributed by atoms with E-state index < -0.39 is 0 Å². The fourth-order valence-corrected chi connectivity index (χ4v) is 3.29. The highest BCUT2D eigenvalue weighted by molar-refractivity contribution is 6.30. The Balaban J connectivity index is 1.56. The van der Waals surface area contributed by atoms with E-state index in [4.69, 9.17) is 11.6 Å². The molecule has 0 saturated carbocycles. The summed E-state index contributed by atoms with van der Waals surface area (Å²) in [5.74, 6) is 1.06. The van der Waals surface area contributed by atoms with Crippen LogP contribution in [-0.4, -0.2) is 37.6 Å². The number of nitrogens with zero attached hydrogens (tertiary/aromatic N) is 3. The molecule has 1 fully saturated rings. The Labute approximate surface area is 160 Å². The molecular weight excluding hydrogens is 348 g/mol. The summed E-state index contributed by atoms with van der Waals surface area (Å²) in [6, 6.07) is 11.8. The number of piperidine rings is 1. The summed E-state index contributed by atoms with van der Waals surface area (Å²) < 4.78 is 0. The van der Waals surface area contributed by atoms with E-state index in [0.29, 0.717) is 5.02 Å².